The predicted octanol–water partition coefficient (Wildman–Crippen LogP) is 6.67. The summed E-state index contributed by atoms with van der Waals surface area (Å²) >= 11 is 0. The summed E-state index contributed by atoms with van der Waals surface area (Å²) in [5, 5.41) is -0.121. The normalized spacial score (nSPS) is 12.5. The monoisotopic (exact) mass is 370 g/mol. The van der Waals surface area contributed by atoms with Gasteiger partial charge in [0.05, 0.1) is 5.16 Å². The molecule has 0 fully saturated rings. The molecule has 0 radical (unpaired) electrons. The Balaban J connectivity index is 2.07. The third kappa shape index (κ3) is 3.20. The van der Waals surface area contributed by atoms with Gasteiger partial charge in [-0.3, -0.25) is 0 Å². The Kier molecular flexibility index (Phi) is 5.14. The third-order valence-corrected chi connectivity index (χ3v) is 6.97. The summed E-state index contributed by atoms with van der Waals surface area (Å²) in [4.78, 5) is 0. The van der Waals surface area contributed by atoms with E-state index in [0.29, 0.717) is 0 Å². The summed E-state index contributed by atoms with van der Waals surface area (Å²) in [6, 6.07) is 39.7. The summed E-state index contributed by atoms with van der Waals surface area (Å²) in [5.41, 5.74) is 2.92. The van der Waals surface area contributed by atoms with Gasteiger partial charge in [0.2, 0.25) is 0 Å². The first-order valence-electron chi connectivity index (χ1n) is 9.01. The molecule has 0 bridgehead atoms. The lowest BCUT2D eigenvalue weighted by atomic mass is 9.84. The molecule has 0 aliphatic heterocycles. The summed E-state index contributed by atoms with van der Waals surface area (Å²) in [5.74, 6) is 0. The first-order valence-corrected chi connectivity index (χ1v) is 10.2. The lowest BCUT2D eigenvalue weighted by Crippen LogP contribution is -2.29. The molecule has 0 saturated carbocycles. The largest absolute Gasteiger partial charge is 0.220 e. The average molecular weight is 370 g/mol. The van der Waals surface area contributed by atoms with E-state index < -0.39 is 13.4 Å². The van der Waals surface area contributed by atoms with Crippen LogP contribution in [0.2, 0.25) is 0 Å². The fraction of sp³-hybridized carbons (Fsp3) is 0.0400. The van der Waals surface area contributed by atoms with Crippen LogP contribution in [0, 0.1) is 0 Å². The van der Waals surface area contributed by atoms with Gasteiger partial charge in [-0.05, 0) is 16.7 Å². The van der Waals surface area contributed by atoms with Gasteiger partial charge in [0.1, 0.15) is 8.23 Å². The maximum atomic E-state index is 16.6. The van der Waals surface area contributed by atoms with Gasteiger partial charge in [-0.1, -0.05) is 121 Å². The van der Waals surface area contributed by atoms with Crippen molar-refractivity contribution in [3.8, 4) is 0 Å². The van der Waals surface area contributed by atoms with Crippen LogP contribution in [0.25, 0.3) is 0 Å². The van der Waals surface area contributed by atoms with Gasteiger partial charge in [-0.2, -0.15) is 0 Å². The Morgan fingerprint density at radius 3 is 1.07 bits per heavy atom. The molecule has 0 spiro atoms. The highest BCUT2D eigenvalue weighted by molar-refractivity contribution is 7.62. The van der Waals surface area contributed by atoms with Crippen LogP contribution >= 0.6 is 8.23 Å². The van der Waals surface area contributed by atoms with Crippen molar-refractivity contribution in [2.45, 2.75) is 5.16 Å². The number of rotatable bonds is 5. The number of hydrogen-bond acceptors (Lipinski definition) is 0. The van der Waals surface area contributed by atoms with Crippen molar-refractivity contribution in [1.82, 2.24) is 0 Å². The minimum Gasteiger partial charge on any atom is -0.220 e. The Morgan fingerprint density at radius 2 is 0.741 bits per heavy atom. The highest BCUT2D eigenvalue weighted by Gasteiger charge is 2.45. The van der Waals surface area contributed by atoms with Gasteiger partial charge in [0.25, 0.3) is 0 Å². The summed E-state index contributed by atoms with van der Waals surface area (Å²) in [6.45, 7) is 0. The molecule has 0 aliphatic carbocycles. The van der Waals surface area contributed by atoms with Gasteiger partial charge in [0.15, 0.2) is 0 Å². The molecule has 1 atom stereocenters. The van der Waals surface area contributed by atoms with E-state index in [1.807, 2.05) is 121 Å². The van der Waals surface area contributed by atoms with E-state index in [4.69, 9.17) is 0 Å². The zero-order chi connectivity index (χ0) is 18.5. The van der Waals surface area contributed by atoms with E-state index in [1.165, 1.54) is 0 Å². The van der Waals surface area contributed by atoms with Crippen LogP contribution in [0.4, 0.5) is 4.20 Å². The van der Waals surface area contributed by atoms with Crippen molar-refractivity contribution < 1.29 is 4.20 Å². The predicted molar refractivity (Wildman–Crippen MR) is 113 cm³/mol. The lowest BCUT2D eigenvalue weighted by molar-refractivity contribution is 0.788. The molecule has 0 nitrogen and oxygen atoms in total. The molecule has 0 aromatic heterocycles. The highest BCUT2D eigenvalue weighted by atomic mass is 31.2. The van der Waals surface area contributed by atoms with E-state index >= 15 is 4.20 Å². The van der Waals surface area contributed by atoms with Gasteiger partial charge in [-0.15, -0.1) is 0 Å². The molecule has 0 heterocycles. The SMILES string of the molecule is FP(c1ccccc1)C(c1ccccc1)(c1ccccc1)c1ccccc1. The van der Waals surface area contributed by atoms with Gasteiger partial charge in [0, 0.05) is 5.30 Å². The number of benzene rings is 4. The minimum absolute atomic E-state index is 0.740. The van der Waals surface area contributed by atoms with Crippen LogP contribution in [0.3, 0.4) is 0 Å². The van der Waals surface area contributed by atoms with Crippen molar-refractivity contribution in [3.63, 3.8) is 0 Å². The molecule has 1 unspecified atom stereocenters. The smallest absolute Gasteiger partial charge is 0.133 e. The van der Waals surface area contributed by atoms with Crippen LogP contribution in [0.1, 0.15) is 16.7 Å². The first kappa shape index (κ1) is 17.6. The highest BCUT2D eigenvalue weighted by Crippen LogP contribution is 2.63. The summed E-state index contributed by atoms with van der Waals surface area (Å²) < 4.78 is 16.6. The van der Waals surface area contributed by atoms with E-state index in [2.05, 4.69) is 0 Å². The standard InChI is InChI=1S/C25H20FP/c26-27(24-19-11-4-12-20-24)25(21-13-5-1-6-14-21,22-15-7-2-8-16-22)23-17-9-3-10-18-23/h1-20H. The zero-order valence-corrected chi connectivity index (χ0v) is 15.8. The summed E-state index contributed by atoms with van der Waals surface area (Å²) in [7, 11) is -2.05. The summed E-state index contributed by atoms with van der Waals surface area (Å²) in [6.07, 6.45) is 0. The van der Waals surface area contributed by atoms with E-state index in [9.17, 15) is 0 Å². The second kappa shape index (κ2) is 7.86. The maximum Gasteiger partial charge on any atom is 0.133 e. The molecule has 4 rings (SSSR count). The van der Waals surface area contributed by atoms with Crippen LogP contribution in [-0.4, -0.2) is 0 Å². The van der Waals surface area contributed by atoms with E-state index in [-0.39, 0.29) is 0 Å². The second-order valence-corrected chi connectivity index (χ2v) is 8.17. The van der Waals surface area contributed by atoms with Crippen LogP contribution in [0.5, 0.6) is 0 Å². The van der Waals surface area contributed by atoms with Gasteiger partial charge in [-0.25, -0.2) is 4.20 Å². The third-order valence-electron chi connectivity index (χ3n) is 4.85. The Labute approximate surface area is 161 Å². The molecular weight excluding hydrogens is 350 g/mol. The van der Waals surface area contributed by atoms with E-state index in [0.717, 1.165) is 22.0 Å². The Morgan fingerprint density at radius 1 is 0.444 bits per heavy atom. The van der Waals surface area contributed by atoms with Crippen molar-refractivity contribution in [3.05, 3.63) is 138 Å². The number of hydrogen-bond donors (Lipinski definition) is 0. The number of halogens is 1. The minimum atomic E-state index is -2.05. The van der Waals surface area contributed by atoms with Crippen molar-refractivity contribution in [2.24, 2.45) is 0 Å². The molecule has 4 aromatic carbocycles. The Hall–Kier alpha value is -2.76. The van der Waals surface area contributed by atoms with Gasteiger partial charge >= 0.3 is 0 Å². The lowest BCUT2D eigenvalue weighted by Gasteiger charge is -2.38. The zero-order valence-electron chi connectivity index (χ0n) is 14.9. The molecule has 0 aliphatic rings. The Bertz CT molecular complexity index is 873. The molecule has 0 N–H and O–H groups in total. The molecule has 0 amide bonds. The fourth-order valence-corrected chi connectivity index (χ4v) is 5.58. The molecule has 0 saturated heterocycles. The molecule has 4 aromatic rings. The van der Waals surface area contributed by atoms with Crippen LogP contribution in [0.15, 0.2) is 121 Å². The van der Waals surface area contributed by atoms with Crippen LogP contribution in [-0.2, 0) is 5.16 Å². The second-order valence-electron chi connectivity index (χ2n) is 6.42. The molecule has 2 heteroatoms. The maximum absolute atomic E-state index is 16.6. The molecule has 27 heavy (non-hydrogen) atoms. The van der Waals surface area contributed by atoms with Crippen molar-refractivity contribution in [2.75, 3.05) is 0 Å². The van der Waals surface area contributed by atoms with E-state index in [1.54, 1.807) is 0 Å². The van der Waals surface area contributed by atoms with Crippen molar-refractivity contribution >= 4 is 13.5 Å². The molecule has 132 valence electrons. The quantitative estimate of drug-likeness (QED) is 0.272. The average Bonchev–Trinajstić information content (AvgIpc) is 2.77. The van der Waals surface area contributed by atoms with Gasteiger partial charge < -0.3 is 0 Å². The first-order chi connectivity index (χ1) is 13.3. The van der Waals surface area contributed by atoms with Crippen LogP contribution < -0.4 is 5.30 Å². The fourth-order valence-electron chi connectivity index (χ4n) is 3.63. The van der Waals surface area contributed by atoms with Crippen molar-refractivity contribution in [1.29, 1.82) is 0 Å². The topological polar surface area (TPSA) is 0 Å². The molecular formula is C25H20FP.